The number of nitrogens with zero attached hydrogens (tertiary/aromatic N) is 2. The molecule has 2 heterocycles. The van der Waals surface area contributed by atoms with E-state index >= 15 is 0 Å². The monoisotopic (exact) mass is 311 g/mol. The Bertz CT molecular complexity index is 756. The second kappa shape index (κ2) is 6.58. The number of nitrogens with one attached hydrogen (secondary N) is 1. The molecule has 0 amide bonds. The van der Waals surface area contributed by atoms with E-state index in [2.05, 4.69) is 15.3 Å². The number of hydrogen-bond donors (Lipinski definition) is 1. The first-order valence-electron chi connectivity index (χ1n) is 7.04. The zero-order valence-corrected chi connectivity index (χ0v) is 13.4. The van der Waals surface area contributed by atoms with Crippen molar-refractivity contribution >= 4 is 22.3 Å². The summed E-state index contributed by atoms with van der Waals surface area (Å²) in [6.45, 7) is 4.44. The van der Waals surface area contributed by atoms with Gasteiger partial charge in [0.2, 0.25) is 0 Å². The smallest absolute Gasteiger partial charge is 0.188 e. The molecule has 1 N–H and O–H groups in total. The lowest BCUT2D eigenvalue weighted by Crippen LogP contribution is -2.02. The second-order valence-electron chi connectivity index (χ2n) is 4.99. The van der Waals surface area contributed by atoms with Gasteiger partial charge in [-0.3, -0.25) is 0 Å². The highest BCUT2D eigenvalue weighted by Gasteiger charge is 2.09. The van der Waals surface area contributed by atoms with Gasteiger partial charge in [0, 0.05) is 11.1 Å². The highest BCUT2D eigenvalue weighted by molar-refractivity contribution is 7.13. The SMILES string of the molecule is Cc1csc(Nc2nc(C)ccc2OCc2ccccc2)n1. The van der Waals surface area contributed by atoms with Gasteiger partial charge in [-0.2, -0.15) is 0 Å². The third-order valence-electron chi connectivity index (χ3n) is 3.08. The topological polar surface area (TPSA) is 47.0 Å². The maximum atomic E-state index is 5.91. The summed E-state index contributed by atoms with van der Waals surface area (Å²) in [7, 11) is 0. The third kappa shape index (κ3) is 3.62. The fourth-order valence-corrected chi connectivity index (χ4v) is 2.69. The summed E-state index contributed by atoms with van der Waals surface area (Å²) >= 11 is 1.56. The molecule has 5 heteroatoms. The van der Waals surface area contributed by atoms with Gasteiger partial charge in [0.25, 0.3) is 0 Å². The highest BCUT2D eigenvalue weighted by Crippen LogP contribution is 2.28. The number of aromatic nitrogens is 2. The van der Waals surface area contributed by atoms with Crippen LogP contribution in [0.15, 0.2) is 47.8 Å². The molecule has 4 nitrogen and oxygen atoms in total. The number of hydrogen-bond acceptors (Lipinski definition) is 5. The van der Waals surface area contributed by atoms with E-state index in [0.717, 1.165) is 27.8 Å². The van der Waals surface area contributed by atoms with E-state index in [4.69, 9.17) is 4.74 Å². The number of ether oxygens (including phenoxy) is 1. The summed E-state index contributed by atoms with van der Waals surface area (Å²) in [5, 5.41) is 6.06. The number of benzene rings is 1. The molecule has 0 saturated carbocycles. The van der Waals surface area contributed by atoms with Crippen molar-refractivity contribution in [1.82, 2.24) is 9.97 Å². The van der Waals surface area contributed by atoms with Crippen molar-refractivity contribution in [1.29, 1.82) is 0 Å². The number of thiazole rings is 1. The van der Waals surface area contributed by atoms with Crippen molar-refractivity contribution < 1.29 is 4.74 Å². The molecule has 0 aliphatic rings. The van der Waals surface area contributed by atoms with Crippen molar-refractivity contribution in [2.24, 2.45) is 0 Å². The first kappa shape index (κ1) is 14.5. The maximum absolute atomic E-state index is 5.91. The van der Waals surface area contributed by atoms with E-state index in [1.165, 1.54) is 0 Å². The van der Waals surface area contributed by atoms with Gasteiger partial charge in [-0.05, 0) is 31.5 Å². The molecule has 2 aromatic heterocycles. The van der Waals surface area contributed by atoms with Crippen LogP contribution in [-0.2, 0) is 6.61 Å². The summed E-state index contributed by atoms with van der Waals surface area (Å²) in [6.07, 6.45) is 0. The van der Waals surface area contributed by atoms with Crippen LogP contribution < -0.4 is 10.1 Å². The lowest BCUT2D eigenvalue weighted by molar-refractivity contribution is 0.307. The molecule has 0 spiro atoms. The van der Waals surface area contributed by atoms with Gasteiger partial charge >= 0.3 is 0 Å². The van der Waals surface area contributed by atoms with Crippen molar-refractivity contribution in [3.8, 4) is 5.75 Å². The zero-order chi connectivity index (χ0) is 15.4. The molecule has 0 aliphatic carbocycles. The first-order chi connectivity index (χ1) is 10.7. The van der Waals surface area contributed by atoms with Gasteiger partial charge < -0.3 is 10.1 Å². The van der Waals surface area contributed by atoms with Crippen LogP contribution in [-0.4, -0.2) is 9.97 Å². The molecule has 0 radical (unpaired) electrons. The van der Waals surface area contributed by atoms with Gasteiger partial charge in [0.1, 0.15) is 6.61 Å². The molecule has 22 heavy (non-hydrogen) atoms. The molecule has 0 fully saturated rings. The van der Waals surface area contributed by atoms with E-state index in [9.17, 15) is 0 Å². The molecule has 0 atom stereocenters. The van der Waals surface area contributed by atoms with Gasteiger partial charge in [0.05, 0.1) is 5.69 Å². The van der Waals surface area contributed by atoms with Crippen LogP contribution in [0.25, 0.3) is 0 Å². The van der Waals surface area contributed by atoms with Crippen LogP contribution in [0.5, 0.6) is 5.75 Å². The van der Waals surface area contributed by atoms with E-state index in [0.29, 0.717) is 12.4 Å². The number of rotatable bonds is 5. The van der Waals surface area contributed by atoms with Crippen molar-refractivity contribution in [3.05, 3.63) is 64.8 Å². The van der Waals surface area contributed by atoms with Crippen LogP contribution in [0.2, 0.25) is 0 Å². The lowest BCUT2D eigenvalue weighted by atomic mass is 10.2. The van der Waals surface area contributed by atoms with Crippen molar-refractivity contribution in [2.75, 3.05) is 5.32 Å². The Labute approximate surface area is 133 Å². The Hall–Kier alpha value is -2.40. The molecule has 0 bridgehead atoms. The largest absolute Gasteiger partial charge is 0.485 e. The molecule has 3 aromatic rings. The summed E-state index contributed by atoms with van der Waals surface area (Å²) in [4.78, 5) is 8.93. The minimum absolute atomic E-state index is 0.511. The van der Waals surface area contributed by atoms with Crippen LogP contribution in [0.3, 0.4) is 0 Å². The number of pyridine rings is 1. The standard InChI is InChI=1S/C17H17N3OS/c1-12-8-9-15(21-10-14-6-4-3-5-7-14)16(18-12)20-17-19-13(2)11-22-17/h3-9,11H,10H2,1-2H3,(H,18,19,20). The molecule has 0 saturated heterocycles. The van der Waals surface area contributed by atoms with Crippen LogP contribution in [0, 0.1) is 13.8 Å². The third-order valence-corrected chi connectivity index (χ3v) is 3.95. The summed E-state index contributed by atoms with van der Waals surface area (Å²) < 4.78 is 5.91. The minimum Gasteiger partial charge on any atom is -0.485 e. The molecule has 0 aliphatic heterocycles. The Morgan fingerprint density at radius 2 is 1.82 bits per heavy atom. The second-order valence-corrected chi connectivity index (χ2v) is 5.85. The molecule has 1 aromatic carbocycles. The summed E-state index contributed by atoms with van der Waals surface area (Å²) in [5.74, 6) is 1.42. The van der Waals surface area contributed by atoms with Crippen LogP contribution in [0.1, 0.15) is 17.0 Å². The molecule has 0 unspecified atom stereocenters. The predicted molar refractivity (Wildman–Crippen MR) is 89.9 cm³/mol. The fraction of sp³-hybridized carbons (Fsp3) is 0.176. The lowest BCUT2D eigenvalue weighted by Gasteiger charge is -2.12. The van der Waals surface area contributed by atoms with Gasteiger partial charge in [-0.15, -0.1) is 11.3 Å². The average Bonchev–Trinajstić information content (AvgIpc) is 2.93. The van der Waals surface area contributed by atoms with Gasteiger partial charge in [-0.1, -0.05) is 30.3 Å². The van der Waals surface area contributed by atoms with E-state index in [1.54, 1.807) is 11.3 Å². The van der Waals surface area contributed by atoms with Gasteiger partial charge in [-0.25, -0.2) is 9.97 Å². The normalized spacial score (nSPS) is 10.5. The quantitative estimate of drug-likeness (QED) is 0.755. The predicted octanol–water partition coefficient (Wildman–Crippen LogP) is 4.48. The first-order valence-corrected chi connectivity index (χ1v) is 7.92. The van der Waals surface area contributed by atoms with Gasteiger partial charge in [0.15, 0.2) is 16.7 Å². The Morgan fingerprint density at radius 3 is 2.55 bits per heavy atom. The zero-order valence-electron chi connectivity index (χ0n) is 12.5. The molecular formula is C17H17N3OS. The molecule has 3 rings (SSSR count). The molecular weight excluding hydrogens is 294 g/mol. The fourth-order valence-electron chi connectivity index (χ4n) is 2.00. The van der Waals surface area contributed by atoms with E-state index < -0.39 is 0 Å². The molecule has 112 valence electrons. The summed E-state index contributed by atoms with van der Waals surface area (Å²) in [6, 6.07) is 14.0. The highest BCUT2D eigenvalue weighted by atomic mass is 32.1. The van der Waals surface area contributed by atoms with Crippen LogP contribution >= 0.6 is 11.3 Å². The number of anilines is 2. The van der Waals surface area contributed by atoms with Crippen molar-refractivity contribution in [2.45, 2.75) is 20.5 Å². The Kier molecular flexibility index (Phi) is 4.34. The summed E-state index contributed by atoms with van der Waals surface area (Å²) in [5.41, 5.74) is 3.05. The van der Waals surface area contributed by atoms with E-state index in [-0.39, 0.29) is 0 Å². The Morgan fingerprint density at radius 1 is 1.00 bits per heavy atom. The van der Waals surface area contributed by atoms with E-state index in [1.807, 2.05) is 61.7 Å². The average molecular weight is 311 g/mol. The maximum Gasteiger partial charge on any atom is 0.188 e. The minimum atomic E-state index is 0.511. The number of aryl methyl sites for hydroxylation is 2. The Balaban J connectivity index is 1.78. The van der Waals surface area contributed by atoms with Crippen LogP contribution in [0.4, 0.5) is 10.9 Å². The van der Waals surface area contributed by atoms with Crippen molar-refractivity contribution in [3.63, 3.8) is 0 Å².